The van der Waals surface area contributed by atoms with Crippen molar-refractivity contribution < 1.29 is 0 Å². The Morgan fingerprint density at radius 2 is 1.69 bits per heavy atom. The number of aromatic amines is 1. The van der Waals surface area contributed by atoms with Crippen LogP contribution >= 0.6 is 0 Å². The zero-order valence-corrected chi connectivity index (χ0v) is 8.39. The van der Waals surface area contributed by atoms with Gasteiger partial charge in [-0.3, -0.25) is 10.1 Å². The first-order valence-corrected chi connectivity index (χ1v) is 4.39. The first-order chi connectivity index (χ1) is 6.11. The molecule has 0 unspecified atom stereocenters. The van der Waals surface area contributed by atoms with Gasteiger partial charge in [0.25, 0.3) is 0 Å². The van der Waals surface area contributed by atoms with Crippen molar-refractivity contribution in [3.8, 4) is 0 Å². The molecule has 0 saturated heterocycles. The standard InChI is InChI=1S/C10H13N3/c1-5-6(2)11-7(3)9-8(4)12-13-10(5)9/h1-4H3,(H,12,13). The van der Waals surface area contributed by atoms with Crippen LogP contribution < -0.4 is 0 Å². The number of pyridine rings is 1. The fraction of sp³-hybridized carbons (Fsp3) is 0.400. The molecule has 0 atom stereocenters. The van der Waals surface area contributed by atoms with Gasteiger partial charge < -0.3 is 0 Å². The van der Waals surface area contributed by atoms with E-state index in [-0.39, 0.29) is 0 Å². The molecule has 0 fully saturated rings. The zero-order valence-electron chi connectivity index (χ0n) is 8.39. The lowest BCUT2D eigenvalue weighted by Gasteiger charge is -2.02. The average molecular weight is 175 g/mol. The molecule has 0 spiro atoms. The second kappa shape index (κ2) is 2.55. The first kappa shape index (κ1) is 8.23. The van der Waals surface area contributed by atoms with Gasteiger partial charge in [0.2, 0.25) is 0 Å². The molecular weight excluding hydrogens is 162 g/mol. The van der Waals surface area contributed by atoms with Gasteiger partial charge in [-0.25, -0.2) is 0 Å². The predicted molar refractivity (Wildman–Crippen MR) is 52.8 cm³/mol. The van der Waals surface area contributed by atoms with E-state index < -0.39 is 0 Å². The Bertz CT molecular complexity index is 468. The maximum atomic E-state index is 4.47. The molecule has 2 aromatic rings. The summed E-state index contributed by atoms with van der Waals surface area (Å²) in [6.07, 6.45) is 0. The smallest absolute Gasteiger partial charge is 0.0989 e. The van der Waals surface area contributed by atoms with E-state index in [1.54, 1.807) is 0 Å². The Morgan fingerprint density at radius 3 is 2.38 bits per heavy atom. The lowest BCUT2D eigenvalue weighted by atomic mass is 10.1. The summed E-state index contributed by atoms with van der Waals surface area (Å²) < 4.78 is 0. The number of aryl methyl sites for hydroxylation is 4. The fourth-order valence-electron chi connectivity index (χ4n) is 1.71. The summed E-state index contributed by atoms with van der Waals surface area (Å²) in [5.41, 5.74) is 5.46. The van der Waals surface area contributed by atoms with Gasteiger partial charge in [0.1, 0.15) is 0 Å². The van der Waals surface area contributed by atoms with E-state index in [0.29, 0.717) is 0 Å². The molecule has 2 aromatic heterocycles. The first-order valence-electron chi connectivity index (χ1n) is 4.39. The minimum Gasteiger partial charge on any atom is -0.282 e. The largest absolute Gasteiger partial charge is 0.282 e. The van der Waals surface area contributed by atoms with Crippen LogP contribution in [0.4, 0.5) is 0 Å². The fourth-order valence-corrected chi connectivity index (χ4v) is 1.71. The number of hydrogen-bond acceptors (Lipinski definition) is 2. The van der Waals surface area contributed by atoms with E-state index in [4.69, 9.17) is 0 Å². The van der Waals surface area contributed by atoms with Crippen LogP contribution in [0.1, 0.15) is 22.6 Å². The van der Waals surface area contributed by atoms with Crippen LogP contribution in [-0.2, 0) is 0 Å². The van der Waals surface area contributed by atoms with Crippen molar-refractivity contribution in [1.82, 2.24) is 15.2 Å². The van der Waals surface area contributed by atoms with Gasteiger partial charge in [-0.15, -0.1) is 0 Å². The van der Waals surface area contributed by atoms with Crippen LogP contribution in [0.25, 0.3) is 10.9 Å². The van der Waals surface area contributed by atoms with Crippen LogP contribution in [0, 0.1) is 27.7 Å². The molecule has 0 aromatic carbocycles. The molecule has 2 rings (SSSR count). The highest BCUT2D eigenvalue weighted by molar-refractivity contribution is 5.86. The molecule has 0 amide bonds. The topological polar surface area (TPSA) is 41.6 Å². The number of hydrogen-bond donors (Lipinski definition) is 1. The van der Waals surface area contributed by atoms with Gasteiger partial charge in [-0.2, -0.15) is 5.10 Å². The van der Waals surface area contributed by atoms with Crippen LogP contribution in [-0.4, -0.2) is 15.2 Å². The molecule has 1 N–H and O–H groups in total. The van der Waals surface area contributed by atoms with E-state index in [2.05, 4.69) is 22.1 Å². The summed E-state index contributed by atoms with van der Waals surface area (Å²) in [6.45, 7) is 8.13. The molecule has 0 bridgehead atoms. The zero-order chi connectivity index (χ0) is 9.59. The Balaban J connectivity index is 2.99. The SMILES string of the molecule is Cc1nc(C)c2c(C)[nH]nc2c1C. The minimum atomic E-state index is 1.06. The second-order valence-electron chi connectivity index (χ2n) is 3.48. The van der Waals surface area contributed by atoms with Crippen molar-refractivity contribution >= 4 is 10.9 Å². The summed E-state index contributed by atoms with van der Waals surface area (Å²) in [4.78, 5) is 4.47. The predicted octanol–water partition coefficient (Wildman–Crippen LogP) is 2.19. The van der Waals surface area contributed by atoms with Crippen LogP contribution in [0.2, 0.25) is 0 Å². The molecule has 0 saturated carbocycles. The Morgan fingerprint density at radius 1 is 1.00 bits per heavy atom. The third-order valence-electron chi connectivity index (χ3n) is 2.54. The highest BCUT2D eigenvalue weighted by atomic mass is 15.1. The number of aromatic nitrogens is 3. The Kier molecular flexibility index (Phi) is 1.62. The second-order valence-corrected chi connectivity index (χ2v) is 3.48. The molecule has 3 heteroatoms. The highest BCUT2D eigenvalue weighted by Crippen LogP contribution is 2.22. The third-order valence-corrected chi connectivity index (χ3v) is 2.54. The molecule has 0 aliphatic rings. The van der Waals surface area contributed by atoms with E-state index in [0.717, 1.165) is 22.6 Å². The van der Waals surface area contributed by atoms with E-state index in [9.17, 15) is 0 Å². The van der Waals surface area contributed by atoms with Gasteiger partial charge in [-0.1, -0.05) is 0 Å². The molecule has 2 heterocycles. The van der Waals surface area contributed by atoms with Gasteiger partial charge in [0.05, 0.1) is 5.52 Å². The average Bonchev–Trinajstić information content (AvgIpc) is 2.44. The van der Waals surface area contributed by atoms with Crippen molar-refractivity contribution in [3.63, 3.8) is 0 Å². The van der Waals surface area contributed by atoms with Crippen LogP contribution in [0.15, 0.2) is 0 Å². The van der Waals surface area contributed by atoms with Crippen molar-refractivity contribution in [1.29, 1.82) is 0 Å². The summed E-state index contributed by atoms with van der Waals surface area (Å²) in [5, 5.41) is 8.44. The summed E-state index contributed by atoms with van der Waals surface area (Å²) >= 11 is 0. The van der Waals surface area contributed by atoms with Crippen LogP contribution in [0.3, 0.4) is 0 Å². The molecule has 13 heavy (non-hydrogen) atoms. The number of rotatable bonds is 0. The van der Waals surface area contributed by atoms with Crippen molar-refractivity contribution in [2.75, 3.05) is 0 Å². The molecule has 3 nitrogen and oxygen atoms in total. The molecular formula is C10H13N3. The van der Waals surface area contributed by atoms with E-state index in [1.165, 1.54) is 10.9 Å². The van der Waals surface area contributed by atoms with Gasteiger partial charge in [-0.05, 0) is 33.3 Å². The Labute approximate surface area is 77.2 Å². The molecule has 68 valence electrons. The summed E-state index contributed by atoms with van der Waals surface area (Å²) in [6, 6.07) is 0. The quantitative estimate of drug-likeness (QED) is 0.666. The van der Waals surface area contributed by atoms with Crippen molar-refractivity contribution in [2.45, 2.75) is 27.7 Å². The minimum absolute atomic E-state index is 1.06. The van der Waals surface area contributed by atoms with E-state index >= 15 is 0 Å². The third kappa shape index (κ3) is 1.03. The maximum Gasteiger partial charge on any atom is 0.0989 e. The van der Waals surface area contributed by atoms with Crippen molar-refractivity contribution in [3.05, 3.63) is 22.6 Å². The molecule has 0 aliphatic carbocycles. The number of fused-ring (bicyclic) bond motifs is 1. The number of nitrogens with one attached hydrogen (secondary N) is 1. The lowest BCUT2D eigenvalue weighted by Crippen LogP contribution is -1.92. The van der Waals surface area contributed by atoms with Gasteiger partial charge in [0.15, 0.2) is 0 Å². The molecule has 0 aliphatic heterocycles. The number of H-pyrrole nitrogens is 1. The maximum absolute atomic E-state index is 4.47. The van der Waals surface area contributed by atoms with Crippen molar-refractivity contribution in [2.24, 2.45) is 0 Å². The molecule has 0 radical (unpaired) electrons. The van der Waals surface area contributed by atoms with Gasteiger partial charge in [0, 0.05) is 22.5 Å². The van der Waals surface area contributed by atoms with Gasteiger partial charge >= 0.3 is 0 Å². The van der Waals surface area contributed by atoms with Crippen LogP contribution in [0.5, 0.6) is 0 Å². The highest BCUT2D eigenvalue weighted by Gasteiger charge is 2.10. The lowest BCUT2D eigenvalue weighted by molar-refractivity contribution is 1.06. The summed E-state index contributed by atoms with van der Waals surface area (Å²) in [5.74, 6) is 0. The number of nitrogens with zero attached hydrogens (tertiary/aromatic N) is 2. The summed E-state index contributed by atoms with van der Waals surface area (Å²) in [7, 11) is 0. The normalized spacial score (nSPS) is 11.1. The Hall–Kier alpha value is -1.38. The monoisotopic (exact) mass is 175 g/mol. The van der Waals surface area contributed by atoms with E-state index in [1.807, 2.05) is 20.8 Å².